The Bertz CT molecular complexity index is 321. The molecule has 0 rings (SSSR count). The van der Waals surface area contributed by atoms with E-state index in [0.29, 0.717) is 0 Å². The van der Waals surface area contributed by atoms with Gasteiger partial charge in [-0.15, -0.1) is 0 Å². The molecule has 0 aliphatic heterocycles. The molecule has 28 heavy (non-hydrogen) atoms. The third-order valence-electron chi connectivity index (χ3n) is 6.41. The summed E-state index contributed by atoms with van der Waals surface area (Å²) in [6, 6.07) is 1.13. The molecule has 0 aromatic heterocycles. The van der Waals surface area contributed by atoms with Crippen molar-refractivity contribution in [2.75, 3.05) is 14.2 Å². The van der Waals surface area contributed by atoms with Crippen molar-refractivity contribution in [1.29, 1.82) is 0 Å². The van der Waals surface area contributed by atoms with E-state index in [1.54, 1.807) is 0 Å². The second-order valence-electron chi connectivity index (χ2n) is 9.82. The molecule has 0 unspecified atom stereocenters. The maximum absolute atomic E-state index is 5.90. The second-order valence-corrected chi connectivity index (χ2v) is 14.1. The molecule has 0 fully saturated rings. The molecular formula is C25H54O2Si. The van der Waals surface area contributed by atoms with Crippen molar-refractivity contribution in [3.8, 4) is 0 Å². The van der Waals surface area contributed by atoms with E-state index in [-0.39, 0.29) is 5.04 Å². The normalized spacial score (nSPS) is 12.6. The molecule has 3 heteroatoms. The first-order valence-corrected chi connectivity index (χ1v) is 14.6. The molecule has 170 valence electrons. The molecule has 0 N–H and O–H groups in total. The third-order valence-corrected chi connectivity index (χ3v) is 11.0. The van der Waals surface area contributed by atoms with Gasteiger partial charge in [-0.3, -0.25) is 0 Å². The first kappa shape index (κ1) is 28.1. The van der Waals surface area contributed by atoms with Gasteiger partial charge in [0.1, 0.15) is 0 Å². The monoisotopic (exact) mass is 414 g/mol. The lowest BCUT2D eigenvalue weighted by Gasteiger charge is -2.38. The number of unbranched alkanes of at least 4 members (excludes halogenated alkanes) is 16. The molecule has 0 heterocycles. The van der Waals surface area contributed by atoms with Crippen molar-refractivity contribution >= 4 is 8.56 Å². The summed E-state index contributed by atoms with van der Waals surface area (Å²) >= 11 is 0. The van der Waals surface area contributed by atoms with Crippen LogP contribution < -0.4 is 0 Å². The highest BCUT2D eigenvalue weighted by atomic mass is 28.4. The van der Waals surface area contributed by atoms with Gasteiger partial charge in [0.15, 0.2) is 0 Å². The fourth-order valence-electron chi connectivity index (χ4n) is 4.36. The molecule has 2 nitrogen and oxygen atoms in total. The van der Waals surface area contributed by atoms with E-state index in [2.05, 4.69) is 27.7 Å². The Kier molecular flexibility index (Phi) is 18.0. The molecule has 0 spiro atoms. The Balaban J connectivity index is 3.40. The first-order chi connectivity index (χ1) is 13.4. The average Bonchev–Trinajstić information content (AvgIpc) is 2.66. The molecule has 0 aliphatic rings. The molecule has 0 bridgehead atoms. The summed E-state index contributed by atoms with van der Waals surface area (Å²) in [6.07, 6.45) is 24.2. The van der Waals surface area contributed by atoms with Gasteiger partial charge in [0.25, 0.3) is 0 Å². The van der Waals surface area contributed by atoms with Gasteiger partial charge in [0, 0.05) is 19.3 Å². The van der Waals surface area contributed by atoms with Crippen LogP contribution in [0.3, 0.4) is 0 Å². The van der Waals surface area contributed by atoms with Crippen molar-refractivity contribution in [3.05, 3.63) is 0 Å². The van der Waals surface area contributed by atoms with Gasteiger partial charge in [-0.25, -0.2) is 0 Å². The van der Waals surface area contributed by atoms with Crippen LogP contribution in [0.1, 0.15) is 137 Å². The van der Waals surface area contributed by atoms with Crippen LogP contribution in [0.2, 0.25) is 11.1 Å². The quantitative estimate of drug-likeness (QED) is 0.146. The Hall–Kier alpha value is 0.137. The SMILES string of the molecule is CCCCCCCCCCCCCCCCCCC[Si](OC)(OC)C(C)(C)C. The third kappa shape index (κ3) is 13.4. The maximum Gasteiger partial charge on any atom is 0.343 e. The minimum atomic E-state index is -2.05. The lowest BCUT2D eigenvalue weighted by atomic mass is 10.0. The minimum absolute atomic E-state index is 0.144. The predicted molar refractivity (Wildman–Crippen MR) is 128 cm³/mol. The van der Waals surface area contributed by atoms with Gasteiger partial charge in [-0.1, -0.05) is 137 Å². The number of hydrogen-bond donors (Lipinski definition) is 0. The van der Waals surface area contributed by atoms with E-state index in [9.17, 15) is 0 Å². The highest BCUT2D eigenvalue weighted by Gasteiger charge is 2.47. The fourth-order valence-corrected chi connectivity index (χ4v) is 7.62. The van der Waals surface area contributed by atoms with E-state index in [4.69, 9.17) is 8.85 Å². The highest BCUT2D eigenvalue weighted by Crippen LogP contribution is 2.40. The van der Waals surface area contributed by atoms with Gasteiger partial charge < -0.3 is 8.85 Å². The van der Waals surface area contributed by atoms with E-state index < -0.39 is 8.56 Å². The Morgan fingerprint density at radius 1 is 0.500 bits per heavy atom. The topological polar surface area (TPSA) is 18.5 Å². The molecule has 0 aromatic carbocycles. The van der Waals surface area contributed by atoms with Crippen molar-refractivity contribution in [1.82, 2.24) is 0 Å². The summed E-state index contributed by atoms with van der Waals surface area (Å²) in [5.74, 6) is 0. The average molecular weight is 415 g/mol. The Morgan fingerprint density at radius 3 is 1.04 bits per heavy atom. The molecule has 0 radical (unpaired) electrons. The van der Waals surface area contributed by atoms with Gasteiger partial charge in [0.05, 0.1) is 0 Å². The minimum Gasteiger partial charge on any atom is -0.397 e. The van der Waals surface area contributed by atoms with Crippen molar-refractivity contribution in [3.63, 3.8) is 0 Å². The summed E-state index contributed by atoms with van der Waals surface area (Å²) in [5, 5.41) is 0.144. The van der Waals surface area contributed by atoms with Crippen LogP contribution in [0, 0.1) is 0 Å². The molecule has 0 atom stereocenters. The standard InChI is InChI=1S/C25H54O2Si/c1-7-8-9-10-11-12-13-14-15-16-17-18-19-20-21-22-23-24-28(26-5,27-6)25(2,3)4/h7-24H2,1-6H3. The van der Waals surface area contributed by atoms with Crippen LogP contribution in [0.25, 0.3) is 0 Å². The summed E-state index contributed by atoms with van der Waals surface area (Å²) < 4.78 is 11.8. The molecule has 0 aliphatic carbocycles. The van der Waals surface area contributed by atoms with E-state index in [0.717, 1.165) is 6.04 Å². The largest absolute Gasteiger partial charge is 0.397 e. The van der Waals surface area contributed by atoms with E-state index in [1.165, 1.54) is 109 Å². The smallest absolute Gasteiger partial charge is 0.343 e. The zero-order valence-corrected chi connectivity index (χ0v) is 21.5. The Morgan fingerprint density at radius 2 is 0.786 bits per heavy atom. The van der Waals surface area contributed by atoms with Crippen LogP contribution in [-0.2, 0) is 8.85 Å². The molecule has 0 aromatic rings. The molecular weight excluding hydrogens is 360 g/mol. The van der Waals surface area contributed by atoms with Gasteiger partial charge in [-0.05, 0) is 6.04 Å². The summed E-state index contributed by atoms with van der Waals surface area (Å²) in [7, 11) is 1.63. The van der Waals surface area contributed by atoms with Crippen LogP contribution in [0.15, 0.2) is 0 Å². The van der Waals surface area contributed by atoms with Crippen LogP contribution in [0.5, 0.6) is 0 Å². The highest BCUT2D eigenvalue weighted by molar-refractivity contribution is 6.70. The molecule has 0 amide bonds. The van der Waals surface area contributed by atoms with Crippen molar-refractivity contribution in [2.45, 2.75) is 148 Å². The number of rotatable bonds is 20. The van der Waals surface area contributed by atoms with Gasteiger partial charge in [-0.2, -0.15) is 0 Å². The van der Waals surface area contributed by atoms with Crippen LogP contribution in [0.4, 0.5) is 0 Å². The van der Waals surface area contributed by atoms with Crippen molar-refractivity contribution in [2.24, 2.45) is 0 Å². The van der Waals surface area contributed by atoms with Gasteiger partial charge in [0.2, 0.25) is 0 Å². The summed E-state index contributed by atoms with van der Waals surface area (Å²) in [6.45, 7) is 9.09. The molecule has 0 saturated heterocycles. The molecule has 0 saturated carbocycles. The second kappa shape index (κ2) is 17.9. The van der Waals surface area contributed by atoms with Crippen molar-refractivity contribution < 1.29 is 8.85 Å². The fraction of sp³-hybridized carbons (Fsp3) is 1.00. The zero-order chi connectivity index (χ0) is 21.1. The number of hydrogen-bond acceptors (Lipinski definition) is 2. The first-order valence-electron chi connectivity index (χ1n) is 12.5. The lowest BCUT2D eigenvalue weighted by Crippen LogP contribution is -2.48. The Labute approximate surface area is 179 Å². The van der Waals surface area contributed by atoms with E-state index in [1.807, 2.05) is 14.2 Å². The van der Waals surface area contributed by atoms with Crippen LogP contribution >= 0.6 is 0 Å². The lowest BCUT2D eigenvalue weighted by molar-refractivity contribution is 0.212. The predicted octanol–water partition coefficient (Wildman–Crippen LogP) is 9.17. The van der Waals surface area contributed by atoms with Crippen LogP contribution in [-0.4, -0.2) is 22.8 Å². The van der Waals surface area contributed by atoms with E-state index >= 15 is 0 Å². The zero-order valence-electron chi connectivity index (χ0n) is 20.5. The summed E-state index contributed by atoms with van der Waals surface area (Å²) in [5.41, 5.74) is 0. The summed E-state index contributed by atoms with van der Waals surface area (Å²) in [4.78, 5) is 0. The maximum atomic E-state index is 5.90. The van der Waals surface area contributed by atoms with Gasteiger partial charge >= 0.3 is 8.56 Å².